The second kappa shape index (κ2) is 5.63. The van der Waals surface area contributed by atoms with E-state index < -0.39 is 0 Å². The van der Waals surface area contributed by atoms with E-state index in [0.29, 0.717) is 17.2 Å². The molecular formula is C14H20ClN3O. The van der Waals surface area contributed by atoms with Gasteiger partial charge in [-0.05, 0) is 39.0 Å². The summed E-state index contributed by atoms with van der Waals surface area (Å²) in [6.45, 7) is 3.76. The molecule has 5 heteroatoms. The van der Waals surface area contributed by atoms with Crippen LogP contribution in [0.25, 0.3) is 0 Å². The van der Waals surface area contributed by atoms with Crippen molar-refractivity contribution in [3.05, 3.63) is 16.5 Å². The van der Waals surface area contributed by atoms with E-state index in [2.05, 4.69) is 15.3 Å². The predicted octanol–water partition coefficient (Wildman–Crippen LogP) is 3.30. The summed E-state index contributed by atoms with van der Waals surface area (Å²) >= 11 is 6.18. The average Bonchev–Trinajstić information content (AvgIpc) is 3.12. The van der Waals surface area contributed by atoms with E-state index >= 15 is 0 Å². The Kier molecular flexibility index (Phi) is 3.89. The van der Waals surface area contributed by atoms with Crippen molar-refractivity contribution in [2.45, 2.75) is 51.0 Å². The minimum atomic E-state index is 0.410. The highest BCUT2D eigenvalue weighted by atomic mass is 35.5. The largest absolute Gasteiger partial charge is 0.378 e. The first-order valence-electron chi connectivity index (χ1n) is 7.13. The fourth-order valence-electron chi connectivity index (χ4n) is 2.43. The molecule has 104 valence electrons. The summed E-state index contributed by atoms with van der Waals surface area (Å²) in [5.41, 5.74) is 0.943. The molecule has 0 bridgehead atoms. The first-order valence-corrected chi connectivity index (χ1v) is 7.51. The maximum atomic E-state index is 6.18. The van der Waals surface area contributed by atoms with Crippen LogP contribution in [0.1, 0.15) is 49.4 Å². The molecule has 1 aliphatic carbocycles. The van der Waals surface area contributed by atoms with Crippen LogP contribution in [0.2, 0.25) is 5.15 Å². The highest BCUT2D eigenvalue weighted by molar-refractivity contribution is 6.30. The molecule has 19 heavy (non-hydrogen) atoms. The van der Waals surface area contributed by atoms with E-state index in [1.807, 2.05) is 6.92 Å². The molecule has 3 rings (SSSR count). The molecule has 0 radical (unpaired) electrons. The molecule has 0 aromatic carbocycles. The van der Waals surface area contributed by atoms with E-state index in [4.69, 9.17) is 16.3 Å². The Morgan fingerprint density at radius 3 is 2.84 bits per heavy atom. The molecule has 1 N–H and O–H groups in total. The summed E-state index contributed by atoms with van der Waals surface area (Å²) < 4.78 is 5.62. The van der Waals surface area contributed by atoms with E-state index in [0.717, 1.165) is 36.8 Å². The highest BCUT2D eigenvalue weighted by Crippen LogP contribution is 2.39. The van der Waals surface area contributed by atoms with Crippen LogP contribution in [0.15, 0.2) is 0 Å². The number of nitrogens with zero attached hydrogens (tertiary/aromatic N) is 2. The topological polar surface area (TPSA) is 47.0 Å². The average molecular weight is 282 g/mol. The van der Waals surface area contributed by atoms with Crippen molar-refractivity contribution in [2.75, 3.05) is 18.5 Å². The number of anilines is 1. The number of halogens is 1. The third kappa shape index (κ3) is 3.18. The summed E-state index contributed by atoms with van der Waals surface area (Å²) in [6.07, 6.45) is 6.18. The van der Waals surface area contributed by atoms with Gasteiger partial charge in [0.15, 0.2) is 0 Å². The molecule has 0 amide bonds. The molecule has 1 aromatic heterocycles. The number of ether oxygens (including phenoxy) is 1. The van der Waals surface area contributed by atoms with Crippen LogP contribution in [0.4, 0.5) is 5.82 Å². The smallest absolute Gasteiger partial charge is 0.137 e. The van der Waals surface area contributed by atoms with Gasteiger partial charge in [0.1, 0.15) is 16.8 Å². The zero-order valence-corrected chi connectivity index (χ0v) is 12.0. The molecular weight excluding hydrogens is 262 g/mol. The third-order valence-electron chi connectivity index (χ3n) is 3.83. The Morgan fingerprint density at radius 1 is 1.32 bits per heavy atom. The van der Waals surface area contributed by atoms with Crippen molar-refractivity contribution in [2.24, 2.45) is 0 Å². The summed E-state index contributed by atoms with van der Waals surface area (Å²) in [7, 11) is 0. The lowest BCUT2D eigenvalue weighted by molar-refractivity contribution is 0.107. The quantitative estimate of drug-likeness (QED) is 0.841. The Hall–Kier alpha value is -0.870. The fourth-order valence-corrected chi connectivity index (χ4v) is 2.60. The molecule has 1 aromatic rings. The summed E-state index contributed by atoms with van der Waals surface area (Å²) in [4.78, 5) is 8.98. The first kappa shape index (κ1) is 13.1. The van der Waals surface area contributed by atoms with Crippen molar-refractivity contribution >= 4 is 17.4 Å². The predicted molar refractivity (Wildman–Crippen MR) is 75.8 cm³/mol. The molecule has 4 nitrogen and oxygen atoms in total. The van der Waals surface area contributed by atoms with Crippen LogP contribution in [0.3, 0.4) is 0 Å². The molecule has 1 aliphatic heterocycles. The molecule has 0 spiro atoms. The van der Waals surface area contributed by atoms with Crippen molar-refractivity contribution < 1.29 is 4.74 Å². The molecule has 2 fully saturated rings. The van der Waals surface area contributed by atoms with Crippen LogP contribution in [-0.2, 0) is 4.74 Å². The lowest BCUT2D eigenvalue weighted by Crippen LogP contribution is -2.14. The Bertz CT molecular complexity index is 456. The molecule has 1 atom stereocenters. The Balaban J connectivity index is 1.62. The van der Waals surface area contributed by atoms with Crippen molar-refractivity contribution in [3.8, 4) is 0 Å². The van der Waals surface area contributed by atoms with Gasteiger partial charge < -0.3 is 10.1 Å². The fraction of sp³-hybridized carbons (Fsp3) is 0.714. The molecule has 1 unspecified atom stereocenters. The normalized spacial score (nSPS) is 22.7. The maximum absolute atomic E-state index is 6.18. The van der Waals surface area contributed by atoms with Crippen LogP contribution < -0.4 is 5.32 Å². The van der Waals surface area contributed by atoms with Crippen LogP contribution in [0.5, 0.6) is 0 Å². The number of nitrogens with one attached hydrogen (secondary N) is 1. The zero-order valence-electron chi connectivity index (χ0n) is 11.3. The highest BCUT2D eigenvalue weighted by Gasteiger charge is 2.28. The molecule has 2 heterocycles. The lowest BCUT2D eigenvalue weighted by Gasteiger charge is -2.13. The number of rotatable bonds is 5. The van der Waals surface area contributed by atoms with E-state index in [1.165, 1.54) is 25.7 Å². The SMILES string of the molecule is Cc1c(Cl)nc(C2CC2)nc1NCCC1CCCO1. The second-order valence-electron chi connectivity index (χ2n) is 5.47. The molecule has 1 saturated carbocycles. The number of hydrogen-bond acceptors (Lipinski definition) is 4. The van der Waals surface area contributed by atoms with E-state index in [-0.39, 0.29) is 0 Å². The second-order valence-corrected chi connectivity index (χ2v) is 5.83. The van der Waals surface area contributed by atoms with Crippen molar-refractivity contribution in [1.29, 1.82) is 0 Å². The zero-order chi connectivity index (χ0) is 13.2. The Labute approximate surface area is 118 Å². The third-order valence-corrected chi connectivity index (χ3v) is 4.20. The van der Waals surface area contributed by atoms with Gasteiger partial charge in [-0.25, -0.2) is 9.97 Å². The van der Waals surface area contributed by atoms with Crippen LogP contribution in [-0.4, -0.2) is 29.2 Å². The summed E-state index contributed by atoms with van der Waals surface area (Å²) in [5, 5.41) is 3.97. The summed E-state index contributed by atoms with van der Waals surface area (Å²) in [5.74, 6) is 2.31. The Morgan fingerprint density at radius 2 is 2.16 bits per heavy atom. The van der Waals surface area contributed by atoms with Gasteiger partial charge in [0, 0.05) is 24.6 Å². The number of aromatic nitrogens is 2. The minimum absolute atomic E-state index is 0.410. The summed E-state index contributed by atoms with van der Waals surface area (Å²) in [6, 6.07) is 0. The molecule has 1 saturated heterocycles. The van der Waals surface area contributed by atoms with Gasteiger partial charge in [0.2, 0.25) is 0 Å². The van der Waals surface area contributed by atoms with Gasteiger partial charge >= 0.3 is 0 Å². The van der Waals surface area contributed by atoms with Gasteiger partial charge in [-0.2, -0.15) is 0 Å². The lowest BCUT2D eigenvalue weighted by atomic mass is 10.2. The standard InChI is InChI=1S/C14H20ClN3O/c1-9-12(15)17-14(10-4-5-10)18-13(9)16-7-6-11-3-2-8-19-11/h10-11H,2-8H2,1H3,(H,16,17,18). The maximum Gasteiger partial charge on any atom is 0.137 e. The molecule has 2 aliphatic rings. The van der Waals surface area contributed by atoms with Gasteiger partial charge in [0.05, 0.1) is 6.10 Å². The number of hydrogen-bond donors (Lipinski definition) is 1. The van der Waals surface area contributed by atoms with E-state index in [9.17, 15) is 0 Å². The minimum Gasteiger partial charge on any atom is -0.378 e. The van der Waals surface area contributed by atoms with Crippen molar-refractivity contribution in [1.82, 2.24) is 9.97 Å². The van der Waals surface area contributed by atoms with Crippen LogP contribution in [0, 0.1) is 6.92 Å². The van der Waals surface area contributed by atoms with Gasteiger partial charge in [0.25, 0.3) is 0 Å². The monoisotopic (exact) mass is 281 g/mol. The first-order chi connectivity index (χ1) is 9.24. The van der Waals surface area contributed by atoms with Gasteiger partial charge in [-0.15, -0.1) is 0 Å². The van der Waals surface area contributed by atoms with Gasteiger partial charge in [-0.3, -0.25) is 0 Å². The van der Waals surface area contributed by atoms with Gasteiger partial charge in [-0.1, -0.05) is 11.6 Å². The van der Waals surface area contributed by atoms with Crippen molar-refractivity contribution in [3.63, 3.8) is 0 Å². The van der Waals surface area contributed by atoms with Crippen LogP contribution >= 0.6 is 11.6 Å². The van der Waals surface area contributed by atoms with E-state index in [1.54, 1.807) is 0 Å².